The number of amides is 1. The number of fused-ring (bicyclic) bond motifs is 1. The molecule has 1 saturated heterocycles. The van der Waals surface area contributed by atoms with Crippen LogP contribution in [0.15, 0.2) is 54.7 Å². The molecule has 3 aromatic carbocycles. The lowest BCUT2D eigenvalue weighted by molar-refractivity contribution is 0.0516. The van der Waals surface area contributed by atoms with Crippen molar-refractivity contribution >= 4 is 46.6 Å². The number of halogens is 2. The molecule has 0 spiro atoms. The minimum atomic E-state index is -0.341. The summed E-state index contributed by atoms with van der Waals surface area (Å²) in [7, 11) is 1.73. The number of tetrazole rings is 1. The Bertz CT molecular complexity index is 1680. The van der Waals surface area contributed by atoms with Gasteiger partial charge >= 0.3 is 0 Å². The van der Waals surface area contributed by atoms with Gasteiger partial charge in [-0.05, 0) is 45.8 Å². The molecule has 4 aromatic rings. The zero-order chi connectivity index (χ0) is 29.9. The van der Waals surface area contributed by atoms with E-state index in [9.17, 15) is 4.79 Å². The van der Waals surface area contributed by atoms with Gasteiger partial charge in [0.1, 0.15) is 5.75 Å². The Labute approximate surface area is 257 Å². The van der Waals surface area contributed by atoms with Gasteiger partial charge in [-0.15, -0.1) is 5.10 Å². The van der Waals surface area contributed by atoms with Crippen LogP contribution < -0.4 is 15.0 Å². The second-order valence-electron chi connectivity index (χ2n) is 10.00. The average molecular weight is 620 g/mol. The summed E-state index contributed by atoms with van der Waals surface area (Å²) in [5.41, 5.74) is 6.03. The molecule has 3 heterocycles. The average Bonchev–Trinajstić information content (AvgIpc) is 3.58. The van der Waals surface area contributed by atoms with Crippen LogP contribution in [0.25, 0.3) is 28.1 Å². The number of carbonyl (C=O) groups is 1. The summed E-state index contributed by atoms with van der Waals surface area (Å²) in [5.74, 6) is 0.964. The van der Waals surface area contributed by atoms with Crippen LogP contribution in [0.2, 0.25) is 10.0 Å². The first-order chi connectivity index (χ1) is 21.0. The normalized spacial score (nSPS) is 15.1. The van der Waals surface area contributed by atoms with Crippen LogP contribution in [-0.2, 0) is 11.3 Å². The van der Waals surface area contributed by atoms with Crippen LogP contribution >= 0.6 is 23.2 Å². The molecule has 43 heavy (non-hydrogen) atoms. The fraction of sp³-hybridized carbons (Fsp3) is 0.233. The van der Waals surface area contributed by atoms with E-state index < -0.39 is 0 Å². The largest absolute Gasteiger partial charge is 0.472 e. The number of H-pyrrole nitrogens is 1. The third-order valence-corrected chi connectivity index (χ3v) is 8.01. The third-order valence-electron chi connectivity index (χ3n) is 7.42. The number of nitrogens with zero attached hydrogens (tertiary/aromatic N) is 5. The van der Waals surface area contributed by atoms with Gasteiger partial charge in [-0.2, -0.15) is 0 Å². The molecule has 0 aliphatic carbocycles. The topological polar surface area (TPSA) is 132 Å². The number of hydrogen-bond acceptors (Lipinski definition) is 9. The summed E-state index contributed by atoms with van der Waals surface area (Å²) in [6.45, 7) is 3.12. The van der Waals surface area contributed by atoms with Crippen LogP contribution in [-0.4, -0.2) is 77.7 Å². The smallest absolute Gasteiger partial charge is 0.259 e. The number of carbonyl (C=O) groups excluding carboxylic acids is 1. The Kier molecular flexibility index (Phi) is 8.28. The summed E-state index contributed by atoms with van der Waals surface area (Å²) in [6.07, 6.45) is 2.85. The minimum absolute atomic E-state index is 0.0286. The maximum absolute atomic E-state index is 13.6. The lowest BCUT2D eigenvalue weighted by Crippen LogP contribution is -2.37. The summed E-state index contributed by atoms with van der Waals surface area (Å²) in [4.78, 5) is 17.5. The van der Waals surface area contributed by atoms with E-state index in [1.807, 2.05) is 30.3 Å². The summed E-state index contributed by atoms with van der Waals surface area (Å²) >= 11 is 13.1. The molecule has 2 aliphatic rings. The molecular weight excluding hydrogens is 591 g/mol. The van der Waals surface area contributed by atoms with E-state index in [1.165, 1.54) is 6.21 Å². The number of benzene rings is 3. The predicted octanol–water partition coefficient (Wildman–Crippen LogP) is 4.88. The van der Waals surface area contributed by atoms with Crippen LogP contribution in [0.3, 0.4) is 0 Å². The van der Waals surface area contributed by atoms with E-state index in [4.69, 9.17) is 38.1 Å². The Balaban J connectivity index is 1.30. The molecule has 0 bridgehead atoms. The summed E-state index contributed by atoms with van der Waals surface area (Å²) < 4.78 is 11.8. The Hall–Kier alpha value is -4.45. The van der Waals surface area contributed by atoms with Crippen molar-refractivity contribution in [1.82, 2.24) is 30.8 Å². The molecule has 3 N–H and O–H groups in total. The molecule has 0 radical (unpaired) electrons. The second-order valence-corrected chi connectivity index (χ2v) is 10.8. The number of para-hydroxylation sites is 1. The highest BCUT2D eigenvalue weighted by Crippen LogP contribution is 2.41. The zero-order valence-corrected chi connectivity index (χ0v) is 24.7. The number of allylic oxidation sites excluding steroid dienone is 1. The van der Waals surface area contributed by atoms with Crippen LogP contribution in [0, 0.1) is 5.41 Å². The monoisotopic (exact) mass is 618 g/mol. The molecule has 0 unspecified atom stereocenters. The van der Waals surface area contributed by atoms with Crippen molar-refractivity contribution in [3.05, 3.63) is 81.5 Å². The van der Waals surface area contributed by atoms with Crippen molar-refractivity contribution in [1.29, 1.82) is 5.41 Å². The lowest BCUT2D eigenvalue weighted by Gasteiger charge is -2.32. The van der Waals surface area contributed by atoms with Gasteiger partial charge < -0.3 is 30.0 Å². The van der Waals surface area contributed by atoms with E-state index in [2.05, 4.69) is 36.9 Å². The first-order valence-electron chi connectivity index (χ1n) is 13.6. The molecule has 0 atom stereocenters. The number of ether oxygens (including phenoxy) is 2. The minimum Gasteiger partial charge on any atom is -0.472 e. The Morgan fingerprint density at radius 3 is 2.58 bits per heavy atom. The van der Waals surface area contributed by atoms with Gasteiger partial charge in [0.05, 0.1) is 35.4 Å². The van der Waals surface area contributed by atoms with Crippen molar-refractivity contribution in [2.45, 2.75) is 6.54 Å². The maximum Gasteiger partial charge on any atom is 0.259 e. The number of hydrogen-bond donors (Lipinski definition) is 3. The standard InChI is InChI=1S/C30H28Cl2N8O3/c1-34-15-21(14-33)20-11-24(31)27(25(32)12-20)30(41)40-16-19-3-2-4-22(28(19)43-17-40)18-5-6-23(29-35-37-38-36-29)26(13-18)39-7-9-42-10-8-39/h2-6,11-15,33-34H,7-10,16-17H2,1H3,(H,35,36,37,38)/b21-15+,33-14?. The number of anilines is 1. The molecule has 1 aromatic heterocycles. The molecule has 6 rings (SSSR count). The number of nitrogens with one attached hydrogen (secondary N) is 3. The van der Waals surface area contributed by atoms with Crippen LogP contribution in [0.4, 0.5) is 5.69 Å². The Morgan fingerprint density at radius 2 is 1.88 bits per heavy atom. The first kappa shape index (κ1) is 28.7. The highest BCUT2D eigenvalue weighted by atomic mass is 35.5. The van der Waals surface area contributed by atoms with Crippen molar-refractivity contribution in [2.24, 2.45) is 0 Å². The molecule has 2 aliphatic heterocycles. The highest BCUT2D eigenvalue weighted by Gasteiger charge is 2.29. The van der Waals surface area contributed by atoms with E-state index in [0.717, 1.165) is 41.0 Å². The van der Waals surface area contributed by atoms with Crippen molar-refractivity contribution in [3.8, 4) is 28.3 Å². The molecule has 13 heteroatoms. The molecule has 1 amide bonds. The fourth-order valence-corrected chi connectivity index (χ4v) is 5.98. The number of aromatic nitrogens is 4. The molecular formula is C30H28Cl2N8O3. The number of rotatable bonds is 7. The number of aromatic amines is 1. The van der Waals surface area contributed by atoms with E-state index in [0.29, 0.717) is 42.5 Å². The van der Waals surface area contributed by atoms with Gasteiger partial charge in [-0.3, -0.25) is 4.79 Å². The molecule has 220 valence electrons. The van der Waals surface area contributed by atoms with Crippen LogP contribution in [0.5, 0.6) is 5.75 Å². The maximum atomic E-state index is 13.6. The van der Waals surface area contributed by atoms with E-state index >= 15 is 0 Å². The second kappa shape index (κ2) is 12.4. The molecule has 0 saturated carbocycles. The van der Waals surface area contributed by atoms with Crippen molar-refractivity contribution in [2.75, 3.05) is 45.0 Å². The van der Waals surface area contributed by atoms with Crippen LogP contribution in [0.1, 0.15) is 21.5 Å². The predicted molar refractivity (Wildman–Crippen MR) is 166 cm³/mol. The highest BCUT2D eigenvalue weighted by molar-refractivity contribution is 6.40. The zero-order valence-electron chi connectivity index (χ0n) is 23.2. The fourth-order valence-electron chi connectivity index (χ4n) is 5.34. The van der Waals surface area contributed by atoms with Gasteiger partial charge in [0.25, 0.3) is 5.91 Å². The Morgan fingerprint density at radius 1 is 1.09 bits per heavy atom. The van der Waals surface area contributed by atoms with Crippen molar-refractivity contribution < 1.29 is 14.3 Å². The number of morpholine rings is 1. The molecule has 1 fully saturated rings. The SMILES string of the molecule is CN/C=C(\C=N)c1cc(Cl)c(C(=O)N2COc3c(cccc3-c3ccc(-c4nnn[nH]4)c(N4CCOCC4)c3)C2)c(Cl)c1. The van der Waals surface area contributed by atoms with Gasteiger partial charge in [-0.25, -0.2) is 5.10 Å². The lowest BCUT2D eigenvalue weighted by atomic mass is 9.97. The third kappa shape index (κ3) is 5.66. The molecule has 11 nitrogen and oxygen atoms in total. The summed E-state index contributed by atoms with van der Waals surface area (Å²) in [5, 5.41) is 25.5. The van der Waals surface area contributed by atoms with Gasteiger partial charge in [0.2, 0.25) is 0 Å². The van der Waals surface area contributed by atoms with E-state index in [1.54, 1.807) is 30.3 Å². The van der Waals surface area contributed by atoms with E-state index in [-0.39, 0.29) is 28.2 Å². The van der Waals surface area contributed by atoms with Gasteiger partial charge in [-0.1, -0.05) is 47.5 Å². The van der Waals surface area contributed by atoms with Gasteiger partial charge in [0.15, 0.2) is 12.6 Å². The summed E-state index contributed by atoms with van der Waals surface area (Å²) in [6, 6.07) is 15.3. The van der Waals surface area contributed by atoms with Gasteiger partial charge in [0, 0.05) is 60.5 Å². The first-order valence-corrected chi connectivity index (χ1v) is 14.4. The quantitative estimate of drug-likeness (QED) is 0.250. The van der Waals surface area contributed by atoms with Crippen molar-refractivity contribution in [3.63, 3.8) is 0 Å².